The fraction of sp³-hybridized carbons (Fsp3) is 0.875. The van der Waals surface area contributed by atoms with Crippen molar-refractivity contribution >= 4 is 5.97 Å². The van der Waals surface area contributed by atoms with Crippen LogP contribution in [0.2, 0.25) is 0 Å². The van der Waals surface area contributed by atoms with E-state index < -0.39 is 5.97 Å². The molecule has 3 atom stereocenters. The second-order valence-corrected chi connectivity index (χ2v) is 3.62. The van der Waals surface area contributed by atoms with Gasteiger partial charge in [0.2, 0.25) is 0 Å². The van der Waals surface area contributed by atoms with E-state index in [9.17, 15) is 4.79 Å². The van der Waals surface area contributed by atoms with Crippen LogP contribution in [-0.2, 0) is 4.79 Å². The van der Waals surface area contributed by atoms with Crippen LogP contribution in [0.1, 0.15) is 25.7 Å². The van der Waals surface area contributed by atoms with E-state index in [1.54, 1.807) is 0 Å². The van der Waals surface area contributed by atoms with Gasteiger partial charge in [0, 0.05) is 0 Å². The highest BCUT2D eigenvalue weighted by Crippen LogP contribution is 2.48. The molecule has 0 aromatic carbocycles. The van der Waals surface area contributed by atoms with Gasteiger partial charge in [0.1, 0.15) is 0 Å². The lowest BCUT2D eigenvalue weighted by molar-refractivity contribution is -0.143. The Kier molecular flexibility index (Phi) is 1.22. The number of aliphatic carboxylic acids is 1. The van der Waals surface area contributed by atoms with Gasteiger partial charge in [0.15, 0.2) is 0 Å². The van der Waals surface area contributed by atoms with Gasteiger partial charge in [0.05, 0.1) is 5.92 Å². The molecule has 2 aliphatic rings. The minimum absolute atomic E-state index is 0.0127. The SMILES string of the molecule is O=C(O)[C@H]1CC2CCC1C2. The summed E-state index contributed by atoms with van der Waals surface area (Å²) in [6.07, 6.45) is 4.60. The van der Waals surface area contributed by atoms with E-state index in [0.717, 1.165) is 12.3 Å². The Morgan fingerprint density at radius 2 is 2.10 bits per heavy atom. The van der Waals surface area contributed by atoms with Crippen molar-refractivity contribution in [2.75, 3.05) is 0 Å². The Balaban J connectivity index is 2.08. The number of carbonyl (C=O) groups is 1. The third-order valence-corrected chi connectivity index (χ3v) is 3.06. The molecular formula is C8H12O2. The molecular weight excluding hydrogens is 128 g/mol. The van der Waals surface area contributed by atoms with Crippen molar-refractivity contribution in [2.45, 2.75) is 25.7 Å². The molecule has 2 unspecified atom stereocenters. The van der Waals surface area contributed by atoms with Gasteiger partial charge in [0.25, 0.3) is 0 Å². The smallest absolute Gasteiger partial charge is 0.306 e. The van der Waals surface area contributed by atoms with Gasteiger partial charge in [-0.3, -0.25) is 4.79 Å². The Labute approximate surface area is 60.2 Å². The first-order valence-electron chi connectivity index (χ1n) is 4.00. The van der Waals surface area contributed by atoms with Crippen LogP contribution in [0, 0.1) is 17.8 Å². The average molecular weight is 140 g/mol. The van der Waals surface area contributed by atoms with Crippen LogP contribution in [0.15, 0.2) is 0 Å². The first-order chi connectivity index (χ1) is 4.77. The molecule has 0 saturated heterocycles. The van der Waals surface area contributed by atoms with Crippen LogP contribution in [-0.4, -0.2) is 11.1 Å². The lowest BCUT2D eigenvalue weighted by atomic mass is 9.89. The lowest BCUT2D eigenvalue weighted by Gasteiger charge is -2.16. The van der Waals surface area contributed by atoms with Crippen molar-refractivity contribution in [1.29, 1.82) is 0 Å². The van der Waals surface area contributed by atoms with E-state index in [1.165, 1.54) is 19.3 Å². The molecule has 10 heavy (non-hydrogen) atoms. The predicted octanol–water partition coefficient (Wildman–Crippen LogP) is 1.51. The zero-order valence-electron chi connectivity index (χ0n) is 5.92. The van der Waals surface area contributed by atoms with Crippen molar-refractivity contribution in [1.82, 2.24) is 0 Å². The van der Waals surface area contributed by atoms with Crippen LogP contribution < -0.4 is 0 Å². The Morgan fingerprint density at radius 1 is 1.30 bits per heavy atom. The summed E-state index contributed by atoms with van der Waals surface area (Å²) in [5.41, 5.74) is 0. The molecule has 0 spiro atoms. The molecule has 0 aromatic rings. The first kappa shape index (κ1) is 6.20. The van der Waals surface area contributed by atoms with Crippen molar-refractivity contribution in [3.8, 4) is 0 Å². The maximum absolute atomic E-state index is 10.6. The Morgan fingerprint density at radius 3 is 2.40 bits per heavy atom. The highest BCUT2D eigenvalue weighted by Gasteiger charge is 2.42. The summed E-state index contributed by atoms with van der Waals surface area (Å²) in [4.78, 5) is 10.6. The van der Waals surface area contributed by atoms with Crippen LogP contribution in [0.3, 0.4) is 0 Å². The summed E-state index contributed by atoms with van der Waals surface area (Å²) in [5.74, 6) is 0.736. The van der Waals surface area contributed by atoms with Crippen molar-refractivity contribution in [3.63, 3.8) is 0 Å². The minimum atomic E-state index is -0.563. The van der Waals surface area contributed by atoms with Gasteiger partial charge in [-0.25, -0.2) is 0 Å². The molecule has 0 amide bonds. The van der Waals surface area contributed by atoms with Crippen LogP contribution in [0.25, 0.3) is 0 Å². The van der Waals surface area contributed by atoms with Crippen LogP contribution in [0.5, 0.6) is 0 Å². The second-order valence-electron chi connectivity index (χ2n) is 3.62. The topological polar surface area (TPSA) is 37.3 Å². The zero-order valence-corrected chi connectivity index (χ0v) is 5.92. The Hall–Kier alpha value is -0.530. The highest BCUT2D eigenvalue weighted by molar-refractivity contribution is 5.71. The summed E-state index contributed by atoms with van der Waals surface area (Å²) < 4.78 is 0. The zero-order chi connectivity index (χ0) is 7.14. The molecule has 1 N–H and O–H groups in total. The maximum Gasteiger partial charge on any atom is 0.306 e. The molecule has 0 radical (unpaired) electrons. The molecule has 2 bridgehead atoms. The summed E-state index contributed by atoms with van der Waals surface area (Å²) >= 11 is 0. The normalized spacial score (nSPS) is 44.2. The number of fused-ring (bicyclic) bond motifs is 2. The van der Waals surface area contributed by atoms with Crippen molar-refractivity contribution in [2.24, 2.45) is 17.8 Å². The van der Waals surface area contributed by atoms with E-state index in [1.807, 2.05) is 0 Å². The largest absolute Gasteiger partial charge is 0.481 e. The van der Waals surface area contributed by atoms with E-state index in [0.29, 0.717) is 5.92 Å². The molecule has 2 aliphatic carbocycles. The molecule has 2 rings (SSSR count). The molecule has 2 heteroatoms. The quantitative estimate of drug-likeness (QED) is 0.599. The predicted molar refractivity (Wildman–Crippen MR) is 36.6 cm³/mol. The number of hydrogen-bond acceptors (Lipinski definition) is 1. The molecule has 2 saturated carbocycles. The summed E-state index contributed by atoms with van der Waals surface area (Å²) in [6, 6.07) is 0. The number of rotatable bonds is 1. The summed E-state index contributed by atoms with van der Waals surface area (Å²) in [7, 11) is 0. The van der Waals surface area contributed by atoms with Crippen molar-refractivity contribution < 1.29 is 9.90 Å². The van der Waals surface area contributed by atoms with Gasteiger partial charge >= 0.3 is 5.97 Å². The van der Waals surface area contributed by atoms with Gasteiger partial charge in [-0.2, -0.15) is 0 Å². The van der Waals surface area contributed by atoms with Crippen molar-refractivity contribution in [3.05, 3.63) is 0 Å². The number of hydrogen-bond donors (Lipinski definition) is 1. The average Bonchev–Trinajstić information content (AvgIpc) is 2.44. The molecule has 0 aliphatic heterocycles. The fourth-order valence-corrected chi connectivity index (χ4v) is 2.55. The number of carboxylic acids is 1. The third kappa shape index (κ3) is 0.746. The molecule has 0 aromatic heterocycles. The van der Waals surface area contributed by atoms with Gasteiger partial charge in [-0.05, 0) is 31.1 Å². The molecule has 2 nitrogen and oxygen atoms in total. The fourth-order valence-electron chi connectivity index (χ4n) is 2.55. The van der Waals surface area contributed by atoms with Gasteiger partial charge in [-0.15, -0.1) is 0 Å². The van der Waals surface area contributed by atoms with E-state index in [-0.39, 0.29) is 5.92 Å². The van der Waals surface area contributed by atoms with Crippen LogP contribution >= 0.6 is 0 Å². The number of carboxylic acid groups (broad SMARTS) is 1. The second kappa shape index (κ2) is 1.97. The van der Waals surface area contributed by atoms with Gasteiger partial charge < -0.3 is 5.11 Å². The monoisotopic (exact) mass is 140 g/mol. The standard InChI is InChI=1S/C8H12O2/c9-8(10)7-4-5-1-2-6(7)3-5/h5-7H,1-4H2,(H,9,10)/t5?,6?,7-/m0/s1. The molecule has 56 valence electrons. The lowest BCUT2D eigenvalue weighted by Crippen LogP contribution is -2.19. The summed E-state index contributed by atoms with van der Waals surface area (Å²) in [5, 5.41) is 8.74. The third-order valence-electron chi connectivity index (χ3n) is 3.06. The van der Waals surface area contributed by atoms with Crippen LogP contribution in [0.4, 0.5) is 0 Å². The highest BCUT2D eigenvalue weighted by atomic mass is 16.4. The minimum Gasteiger partial charge on any atom is -0.481 e. The van der Waals surface area contributed by atoms with E-state index >= 15 is 0 Å². The summed E-state index contributed by atoms with van der Waals surface area (Å²) in [6.45, 7) is 0. The van der Waals surface area contributed by atoms with E-state index in [2.05, 4.69) is 0 Å². The first-order valence-corrected chi connectivity index (χ1v) is 4.00. The van der Waals surface area contributed by atoms with E-state index in [4.69, 9.17) is 5.11 Å². The Bertz CT molecular complexity index is 165. The maximum atomic E-state index is 10.6. The molecule has 0 heterocycles. The van der Waals surface area contributed by atoms with Gasteiger partial charge in [-0.1, -0.05) is 6.42 Å². The molecule has 2 fully saturated rings.